The summed E-state index contributed by atoms with van der Waals surface area (Å²) < 4.78 is 33.6. The molecule has 0 bridgehead atoms. The molecule has 1 N–H and O–H groups in total. The smallest absolute Gasteiger partial charge is 0.240 e. The average Bonchev–Trinajstić information content (AvgIpc) is 3.26. The van der Waals surface area contributed by atoms with E-state index in [2.05, 4.69) is 19.7 Å². The van der Waals surface area contributed by atoms with Crippen molar-refractivity contribution in [2.24, 2.45) is 0 Å². The Kier molecular flexibility index (Phi) is 6.25. The summed E-state index contributed by atoms with van der Waals surface area (Å²) in [6.07, 6.45) is 0.742. The first-order valence-electron chi connectivity index (χ1n) is 11.0. The lowest BCUT2D eigenvalue weighted by Crippen LogP contribution is -2.47. The van der Waals surface area contributed by atoms with E-state index in [1.807, 2.05) is 30.3 Å². The van der Waals surface area contributed by atoms with Gasteiger partial charge in [0, 0.05) is 37.7 Å². The lowest BCUT2D eigenvalue weighted by Gasteiger charge is -2.34. The van der Waals surface area contributed by atoms with Gasteiger partial charge in [-0.2, -0.15) is 0 Å². The van der Waals surface area contributed by atoms with Crippen LogP contribution in [0, 0.1) is 0 Å². The minimum atomic E-state index is -3.57. The molecule has 0 aliphatic carbocycles. The maximum atomic E-state index is 12.7. The fourth-order valence-corrected chi connectivity index (χ4v) is 5.53. The Labute approximate surface area is 197 Å². The number of hydrogen-bond donors (Lipinski definition) is 1. The highest BCUT2D eigenvalue weighted by Crippen LogP contribution is 2.26. The lowest BCUT2D eigenvalue weighted by molar-refractivity contribution is 0.254. The van der Waals surface area contributed by atoms with Crippen LogP contribution in [-0.2, 0) is 10.0 Å². The number of aromatic nitrogens is 1. The molecule has 2 heterocycles. The SMILES string of the molecule is O=S(=O)(NCCCN1CCN(c2noc3ccccc23)CC1)c1ccc2ccc(Cl)cc2c1. The van der Waals surface area contributed by atoms with Gasteiger partial charge in [-0.1, -0.05) is 41.0 Å². The number of halogens is 1. The van der Waals surface area contributed by atoms with E-state index in [1.54, 1.807) is 30.3 Å². The summed E-state index contributed by atoms with van der Waals surface area (Å²) in [5, 5.41) is 7.63. The molecule has 33 heavy (non-hydrogen) atoms. The van der Waals surface area contributed by atoms with Gasteiger partial charge in [-0.25, -0.2) is 13.1 Å². The number of benzene rings is 3. The molecule has 3 aromatic carbocycles. The molecular formula is C24H25ClN4O3S. The Morgan fingerprint density at radius 1 is 0.970 bits per heavy atom. The van der Waals surface area contributed by atoms with Crippen molar-refractivity contribution in [2.75, 3.05) is 44.2 Å². The van der Waals surface area contributed by atoms with Crippen LogP contribution in [0.5, 0.6) is 0 Å². The Balaban J connectivity index is 1.11. The monoisotopic (exact) mass is 484 g/mol. The molecule has 0 amide bonds. The first-order chi connectivity index (χ1) is 16.0. The van der Waals surface area contributed by atoms with Crippen LogP contribution in [-0.4, -0.2) is 57.7 Å². The molecule has 5 rings (SSSR count). The second-order valence-electron chi connectivity index (χ2n) is 8.24. The second kappa shape index (κ2) is 9.30. The standard InChI is InChI=1S/C24H25ClN4O3S/c25-20-8-6-18-7-9-21(17-19(18)16-20)33(30,31)26-10-3-11-28-12-14-29(15-13-28)24-22-4-1-2-5-23(22)32-27-24/h1-2,4-9,16-17,26H,3,10-15H2. The number of hydrogen-bond acceptors (Lipinski definition) is 6. The van der Waals surface area contributed by atoms with Crippen LogP contribution in [0.1, 0.15) is 6.42 Å². The van der Waals surface area contributed by atoms with Gasteiger partial charge >= 0.3 is 0 Å². The molecule has 172 valence electrons. The van der Waals surface area contributed by atoms with Crippen molar-refractivity contribution in [3.8, 4) is 0 Å². The molecule has 9 heteroatoms. The topological polar surface area (TPSA) is 78.7 Å². The summed E-state index contributed by atoms with van der Waals surface area (Å²) in [5.74, 6) is 0.898. The summed E-state index contributed by atoms with van der Waals surface area (Å²) in [4.78, 5) is 4.85. The Bertz CT molecular complexity index is 1380. The van der Waals surface area contributed by atoms with Gasteiger partial charge in [-0.15, -0.1) is 0 Å². The molecule has 1 aromatic heterocycles. The van der Waals surface area contributed by atoms with Crippen molar-refractivity contribution in [2.45, 2.75) is 11.3 Å². The van der Waals surface area contributed by atoms with Gasteiger partial charge in [0.1, 0.15) is 0 Å². The largest absolute Gasteiger partial charge is 0.354 e. The van der Waals surface area contributed by atoms with Crippen molar-refractivity contribution in [1.29, 1.82) is 0 Å². The first-order valence-corrected chi connectivity index (χ1v) is 12.9. The summed E-state index contributed by atoms with van der Waals surface area (Å²) >= 11 is 6.04. The fraction of sp³-hybridized carbons (Fsp3) is 0.292. The molecule has 0 unspecified atom stereocenters. The predicted octanol–water partition coefficient (Wildman–Crippen LogP) is 4.13. The Hall–Kier alpha value is -2.65. The van der Waals surface area contributed by atoms with Crippen molar-refractivity contribution < 1.29 is 12.9 Å². The van der Waals surface area contributed by atoms with Gasteiger partial charge in [-0.3, -0.25) is 4.90 Å². The van der Waals surface area contributed by atoms with Crippen LogP contribution < -0.4 is 9.62 Å². The van der Waals surface area contributed by atoms with Crippen molar-refractivity contribution in [3.05, 3.63) is 65.7 Å². The number of piperazine rings is 1. The van der Waals surface area contributed by atoms with E-state index >= 15 is 0 Å². The highest BCUT2D eigenvalue weighted by atomic mass is 35.5. The molecule has 4 aromatic rings. The Morgan fingerprint density at radius 2 is 1.76 bits per heavy atom. The minimum Gasteiger partial charge on any atom is -0.354 e. The summed E-state index contributed by atoms with van der Waals surface area (Å²) in [5.41, 5.74) is 0.803. The molecule has 0 spiro atoms. The molecule has 7 nitrogen and oxygen atoms in total. The van der Waals surface area contributed by atoms with Crippen LogP contribution in [0.25, 0.3) is 21.7 Å². The lowest BCUT2D eigenvalue weighted by atomic mass is 10.1. The zero-order valence-electron chi connectivity index (χ0n) is 18.1. The summed E-state index contributed by atoms with van der Waals surface area (Å²) in [6, 6.07) is 18.4. The van der Waals surface area contributed by atoms with Gasteiger partial charge in [0.2, 0.25) is 10.0 Å². The maximum Gasteiger partial charge on any atom is 0.240 e. The van der Waals surface area contributed by atoms with E-state index in [9.17, 15) is 8.42 Å². The highest BCUT2D eigenvalue weighted by Gasteiger charge is 2.21. The number of fused-ring (bicyclic) bond motifs is 2. The van der Waals surface area contributed by atoms with Gasteiger partial charge in [0.25, 0.3) is 0 Å². The zero-order chi connectivity index (χ0) is 22.8. The van der Waals surface area contributed by atoms with E-state index in [0.29, 0.717) is 11.6 Å². The van der Waals surface area contributed by atoms with Crippen LogP contribution in [0.15, 0.2) is 70.1 Å². The van der Waals surface area contributed by atoms with Crippen LogP contribution >= 0.6 is 11.6 Å². The number of nitrogens with zero attached hydrogens (tertiary/aromatic N) is 3. The van der Waals surface area contributed by atoms with Crippen molar-refractivity contribution in [1.82, 2.24) is 14.8 Å². The fourth-order valence-electron chi connectivity index (χ4n) is 4.24. The number of anilines is 1. The number of rotatable bonds is 7. The van der Waals surface area contributed by atoms with Crippen LogP contribution in [0.3, 0.4) is 0 Å². The highest BCUT2D eigenvalue weighted by molar-refractivity contribution is 7.89. The minimum absolute atomic E-state index is 0.255. The third kappa shape index (κ3) is 4.84. The van der Waals surface area contributed by atoms with Crippen molar-refractivity contribution in [3.63, 3.8) is 0 Å². The number of sulfonamides is 1. The van der Waals surface area contributed by atoms with Crippen LogP contribution in [0.4, 0.5) is 5.82 Å². The van der Waals surface area contributed by atoms with E-state index in [1.165, 1.54) is 0 Å². The molecule has 0 atom stereocenters. The third-order valence-electron chi connectivity index (χ3n) is 6.06. The third-order valence-corrected chi connectivity index (χ3v) is 7.75. The molecule has 1 aliphatic rings. The predicted molar refractivity (Wildman–Crippen MR) is 131 cm³/mol. The molecular weight excluding hydrogens is 460 g/mol. The van der Waals surface area contributed by atoms with E-state index < -0.39 is 10.0 Å². The van der Waals surface area contributed by atoms with Crippen molar-refractivity contribution >= 4 is 49.2 Å². The van der Waals surface area contributed by atoms with Gasteiger partial charge in [-0.05, 0) is 60.1 Å². The quantitative estimate of drug-likeness (QED) is 0.397. The molecule has 0 saturated carbocycles. The number of para-hydroxylation sites is 1. The molecule has 1 fully saturated rings. The van der Waals surface area contributed by atoms with E-state index in [0.717, 1.165) is 66.7 Å². The van der Waals surface area contributed by atoms with Gasteiger partial charge in [0.15, 0.2) is 11.4 Å². The maximum absolute atomic E-state index is 12.7. The summed E-state index contributed by atoms with van der Waals surface area (Å²) in [7, 11) is -3.57. The average molecular weight is 485 g/mol. The summed E-state index contributed by atoms with van der Waals surface area (Å²) in [6.45, 7) is 4.76. The van der Waals surface area contributed by atoms with E-state index in [4.69, 9.17) is 16.1 Å². The molecule has 1 saturated heterocycles. The van der Waals surface area contributed by atoms with Gasteiger partial charge < -0.3 is 9.42 Å². The zero-order valence-corrected chi connectivity index (χ0v) is 19.6. The van der Waals surface area contributed by atoms with Gasteiger partial charge in [0.05, 0.1) is 10.3 Å². The molecule has 0 radical (unpaired) electrons. The first kappa shape index (κ1) is 22.2. The number of nitrogens with one attached hydrogen (secondary N) is 1. The normalized spacial score (nSPS) is 15.5. The molecule has 1 aliphatic heterocycles. The van der Waals surface area contributed by atoms with E-state index in [-0.39, 0.29) is 4.90 Å². The second-order valence-corrected chi connectivity index (χ2v) is 10.4. The Morgan fingerprint density at radius 3 is 2.61 bits per heavy atom. The van der Waals surface area contributed by atoms with Crippen LogP contribution in [0.2, 0.25) is 5.02 Å².